The minimum absolute atomic E-state index is 0.131. The molecule has 0 saturated carbocycles. The molecule has 0 aliphatic carbocycles. The zero-order valence-corrected chi connectivity index (χ0v) is 14.3. The Labute approximate surface area is 136 Å². The van der Waals surface area contributed by atoms with E-state index in [0.717, 1.165) is 5.56 Å². The number of methoxy groups -OCH3 is 2. The number of para-hydroxylation sites is 1. The van der Waals surface area contributed by atoms with E-state index in [2.05, 4.69) is 0 Å². The Morgan fingerprint density at radius 3 is 2.30 bits per heavy atom. The van der Waals surface area contributed by atoms with Crippen molar-refractivity contribution >= 4 is 11.9 Å². The van der Waals surface area contributed by atoms with Gasteiger partial charge in [-0.1, -0.05) is 12.1 Å². The lowest BCUT2D eigenvalue weighted by Gasteiger charge is -2.19. The van der Waals surface area contributed by atoms with Gasteiger partial charge in [0.15, 0.2) is 18.1 Å². The molecule has 0 unspecified atom stereocenters. The third kappa shape index (κ3) is 6.59. The van der Waals surface area contributed by atoms with Gasteiger partial charge >= 0.3 is 11.9 Å². The van der Waals surface area contributed by atoms with E-state index in [1.807, 2.05) is 12.1 Å². The Hall–Kier alpha value is -2.24. The van der Waals surface area contributed by atoms with Gasteiger partial charge in [-0.25, -0.2) is 4.79 Å². The smallest absolute Gasteiger partial charge is 0.344 e. The highest BCUT2D eigenvalue weighted by Gasteiger charge is 2.18. The normalized spacial score (nSPS) is 10.8. The fourth-order valence-corrected chi connectivity index (χ4v) is 1.97. The number of hydrogen-bond donors (Lipinski definition) is 0. The molecule has 0 saturated heterocycles. The van der Waals surface area contributed by atoms with Gasteiger partial charge in [-0.2, -0.15) is 0 Å². The molecule has 0 bridgehead atoms. The average Bonchev–Trinajstić information content (AvgIpc) is 2.48. The van der Waals surface area contributed by atoms with Gasteiger partial charge in [0.05, 0.1) is 14.2 Å². The maximum Gasteiger partial charge on any atom is 0.344 e. The maximum absolute atomic E-state index is 11.7. The second-order valence-electron chi connectivity index (χ2n) is 5.90. The highest BCUT2D eigenvalue weighted by Crippen LogP contribution is 2.31. The summed E-state index contributed by atoms with van der Waals surface area (Å²) in [7, 11) is 3.10. The Morgan fingerprint density at radius 1 is 1.04 bits per heavy atom. The van der Waals surface area contributed by atoms with Gasteiger partial charge in [0.25, 0.3) is 0 Å². The highest BCUT2D eigenvalue weighted by atomic mass is 16.6. The van der Waals surface area contributed by atoms with Crippen molar-refractivity contribution in [1.82, 2.24) is 0 Å². The van der Waals surface area contributed by atoms with Crippen molar-refractivity contribution in [1.29, 1.82) is 0 Å². The summed E-state index contributed by atoms with van der Waals surface area (Å²) >= 11 is 0. The quantitative estimate of drug-likeness (QED) is 0.718. The minimum Gasteiger partial charge on any atom is -0.493 e. The standard InChI is InChI=1S/C17H24O6/c1-17(2,3)23-15(19)11-22-14(18)10-9-12-7-6-8-13(20-4)16(12)21-5/h6-8H,9-11H2,1-5H3. The lowest BCUT2D eigenvalue weighted by Crippen LogP contribution is -2.27. The van der Waals surface area contributed by atoms with Crippen LogP contribution in [0, 0.1) is 0 Å². The monoisotopic (exact) mass is 324 g/mol. The van der Waals surface area contributed by atoms with E-state index in [9.17, 15) is 9.59 Å². The molecule has 6 nitrogen and oxygen atoms in total. The molecule has 1 rings (SSSR count). The van der Waals surface area contributed by atoms with Gasteiger partial charge in [0.1, 0.15) is 5.60 Å². The van der Waals surface area contributed by atoms with Crippen LogP contribution < -0.4 is 9.47 Å². The number of carbonyl (C=O) groups is 2. The van der Waals surface area contributed by atoms with E-state index in [-0.39, 0.29) is 13.0 Å². The molecular formula is C17H24O6. The van der Waals surface area contributed by atoms with Crippen LogP contribution >= 0.6 is 0 Å². The molecule has 0 N–H and O–H groups in total. The average molecular weight is 324 g/mol. The summed E-state index contributed by atoms with van der Waals surface area (Å²) in [6.45, 7) is 4.87. The number of rotatable bonds is 7. The molecule has 6 heteroatoms. The topological polar surface area (TPSA) is 71.1 Å². The Bertz CT molecular complexity index is 545. The number of ether oxygens (including phenoxy) is 4. The van der Waals surface area contributed by atoms with E-state index in [1.165, 1.54) is 0 Å². The van der Waals surface area contributed by atoms with Crippen molar-refractivity contribution in [2.45, 2.75) is 39.2 Å². The van der Waals surface area contributed by atoms with Crippen LogP contribution in [0.15, 0.2) is 18.2 Å². The molecule has 1 aromatic carbocycles. The van der Waals surface area contributed by atoms with Crippen molar-refractivity contribution in [3.63, 3.8) is 0 Å². The molecule has 1 aromatic rings. The number of esters is 2. The van der Waals surface area contributed by atoms with Crippen molar-refractivity contribution in [2.24, 2.45) is 0 Å². The summed E-state index contributed by atoms with van der Waals surface area (Å²) in [6.07, 6.45) is 0.555. The first-order valence-corrected chi connectivity index (χ1v) is 7.34. The molecule has 23 heavy (non-hydrogen) atoms. The summed E-state index contributed by atoms with van der Waals surface area (Å²) in [4.78, 5) is 23.2. The van der Waals surface area contributed by atoms with Crippen LogP contribution in [-0.4, -0.2) is 38.4 Å². The maximum atomic E-state index is 11.7. The third-order valence-electron chi connectivity index (χ3n) is 2.85. The number of aryl methyl sites for hydroxylation is 1. The zero-order chi connectivity index (χ0) is 17.5. The van der Waals surface area contributed by atoms with Crippen LogP contribution in [0.3, 0.4) is 0 Å². The molecule has 0 aliphatic rings. The fraction of sp³-hybridized carbons (Fsp3) is 0.529. The first-order valence-electron chi connectivity index (χ1n) is 7.34. The predicted octanol–water partition coefficient (Wildman–Crippen LogP) is 2.52. The summed E-state index contributed by atoms with van der Waals surface area (Å²) in [5.74, 6) is 0.160. The van der Waals surface area contributed by atoms with Crippen LogP contribution in [-0.2, 0) is 25.5 Å². The van der Waals surface area contributed by atoms with E-state index in [0.29, 0.717) is 17.9 Å². The first kappa shape index (κ1) is 18.8. The lowest BCUT2D eigenvalue weighted by atomic mass is 10.1. The van der Waals surface area contributed by atoms with Gasteiger partial charge in [-0.3, -0.25) is 4.79 Å². The van der Waals surface area contributed by atoms with E-state index in [4.69, 9.17) is 18.9 Å². The molecule has 0 atom stereocenters. The second kappa shape index (κ2) is 8.41. The predicted molar refractivity (Wildman–Crippen MR) is 84.7 cm³/mol. The molecule has 0 spiro atoms. The van der Waals surface area contributed by atoms with Crippen LogP contribution in [0.2, 0.25) is 0 Å². The highest BCUT2D eigenvalue weighted by molar-refractivity contribution is 5.76. The summed E-state index contributed by atoms with van der Waals surface area (Å²) in [5, 5.41) is 0. The van der Waals surface area contributed by atoms with Crippen molar-refractivity contribution < 1.29 is 28.5 Å². The largest absolute Gasteiger partial charge is 0.493 e. The van der Waals surface area contributed by atoms with Gasteiger partial charge in [-0.15, -0.1) is 0 Å². The number of carbonyl (C=O) groups excluding carboxylic acids is 2. The van der Waals surface area contributed by atoms with Gasteiger partial charge < -0.3 is 18.9 Å². The second-order valence-corrected chi connectivity index (χ2v) is 5.90. The molecule has 0 aromatic heterocycles. The molecule has 128 valence electrons. The molecule has 0 aliphatic heterocycles. The van der Waals surface area contributed by atoms with Crippen molar-refractivity contribution in [3.05, 3.63) is 23.8 Å². The first-order chi connectivity index (χ1) is 10.8. The lowest BCUT2D eigenvalue weighted by molar-refractivity contribution is -0.166. The zero-order valence-electron chi connectivity index (χ0n) is 14.3. The molecule has 0 heterocycles. The summed E-state index contributed by atoms with van der Waals surface area (Å²) in [6, 6.07) is 5.45. The Balaban J connectivity index is 2.50. The van der Waals surface area contributed by atoms with Crippen molar-refractivity contribution in [2.75, 3.05) is 20.8 Å². The summed E-state index contributed by atoms with van der Waals surface area (Å²) in [5.41, 5.74) is 0.235. The van der Waals surface area contributed by atoms with Gasteiger partial charge in [0, 0.05) is 6.42 Å². The van der Waals surface area contributed by atoms with Crippen LogP contribution in [0.5, 0.6) is 11.5 Å². The third-order valence-corrected chi connectivity index (χ3v) is 2.85. The number of hydrogen-bond acceptors (Lipinski definition) is 6. The number of benzene rings is 1. The fourth-order valence-electron chi connectivity index (χ4n) is 1.97. The molecule has 0 fully saturated rings. The minimum atomic E-state index is -0.600. The van der Waals surface area contributed by atoms with Crippen molar-refractivity contribution in [3.8, 4) is 11.5 Å². The Kier molecular flexibility index (Phi) is 6.88. The van der Waals surface area contributed by atoms with Crippen LogP contribution in [0.4, 0.5) is 0 Å². The summed E-state index contributed by atoms with van der Waals surface area (Å²) < 4.78 is 20.5. The molecular weight excluding hydrogens is 300 g/mol. The molecule has 0 radical (unpaired) electrons. The van der Waals surface area contributed by atoms with Gasteiger partial charge in [0.2, 0.25) is 0 Å². The van der Waals surface area contributed by atoms with E-state index >= 15 is 0 Å². The SMILES string of the molecule is COc1cccc(CCC(=O)OCC(=O)OC(C)(C)C)c1OC. The van der Waals surface area contributed by atoms with E-state index in [1.54, 1.807) is 41.1 Å². The van der Waals surface area contributed by atoms with Gasteiger partial charge in [-0.05, 0) is 38.8 Å². The molecule has 0 amide bonds. The van der Waals surface area contributed by atoms with Crippen LogP contribution in [0.25, 0.3) is 0 Å². The van der Waals surface area contributed by atoms with E-state index < -0.39 is 17.5 Å². The Morgan fingerprint density at radius 2 is 1.74 bits per heavy atom. The van der Waals surface area contributed by atoms with Crippen LogP contribution in [0.1, 0.15) is 32.8 Å².